The molecular formula is C15H9F3N2O3S. The highest BCUT2D eigenvalue weighted by Crippen LogP contribution is 2.32. The van der Waals surface area contributed by atoms with E-state index in [1.54, 1.807) is 11.6 Å². The maximum absolute atomic E-state index is 12.9. The molecule has 9 heteroatoms. The van der Waals surface area contributed by atoms with E-state index in [1.807, 2.05) is 0 Å². The Morgan fingerprint density at radius 2 is 2.04 bits per heavy atom. The van der Waals surface area contributed by atoms with Gasteiger partial charge in [0, 0.05) is 17.6 Å². The number of hydrogen-bond acceptors (Lipinski definition) is 5. The van der Waals surface area contributed by atoms with Gasteiger partial charge >= 0.3 is 12.1 Å². The molecular weight excluding hydrogens is 345 g/mol. The molecule has 0 fully saturated rings. The summed E-state index contributed by atoms with van der Waals surface area (Å²) in [5.41, 5.74) is -1.85. The van der Waals surface area contributed by atoms with Gasteiger partial charge in [-0.2, -0.15) is 13.2 Å². The van der Waals surface area contributed by atoms with E-state index in [2.05, 4.69) is 4.98 Å². The van der Waals surface area contributed by atoms with Crippen molar-refractivity contribution in [2.75, 3.05) is 0 Å². The second-order valence-electron chi connectivity index (χ2n) is 4.76. The van der Waals surface area contributed by atoms with E-state index in [-0.39, 0.29) is 11.3 Å². The van der Waals surface area contributed by atoms with E-state index in [0.29, 0.717) is 4.96 Å². The lowest BCUT2D eigenvalue weighted by Crippen LogP contribution is -2.17. The highest BCUT2D eigenvalue weighted by atomic mass is 32.1. The summed E-state index contributed by atoms with van der Waals surface area (Å²) >= 11 is 1.21. The summed E-state index contributed by atoms with van der Waals surface area (Å²) in [6, 6.07) is 5.51. The quantitative estimate of drug-likeness (QED) is 0.678. The number of aromatic nitrogens is 2. The van der Waals surface area contributed by atoms with Crippen molar-refractivity contribution in [3.05, 3.63) is 69.1 Å². The van der Waals surface area contributed by atoms with Gasteiger partial charge in [0.15, 0.2) is 4.96 Å². The number of rotatable bonds is 3. The second kappa shape index (κ2) is 6.08. The zero-order chi connectivity index (χ0) is 17.3. The van der Waals surface area contributed by atoms with Crippen molar-refractivity contribution in [3.63, 3.8) is 0 Å². The van der Waals surface area contributed by atoms with Crippen molar-refractivity contribution >= 4 is 22.3 Å². The number of ether oxygens (including phenoxy) is 1. The molecule has 0 amide bonds. The van der Waals surface area contributed by atoms with Crippen LogP contribution in [0, 0.1) is 0 Å². The van der Waals surface area contributed by atoms with Crippen LogP contribution in [0.4, 0.5) is 13.2 Å². The first-order chi connectivity index (χ1) is 11.4. The third-order valence-corrected chi connectivity index (χ3v) is 3.92. The fourth-order valence-corrected chi connectivity index (χ4v) is 2.83. The van der Waals surface area contributed by atoms with Crippen molar-refractivity contribution in [2.45, 2.75) is 12.8 Å². The summed E-state index contributed by atoms with van der Waals surface area (Å²) in [5.74, 6) is -1.13. The highest BCUT2D eigenvalue weighted by Gasteiger charge is 2.35. The van der Waals surface area contributed by atoms with Crippen molar-refractivity contribution in [1.82, 2.24) is 9.38 Å². The summed E-state index contributed by atoms with van der Waals surface area (Å²) in [7, 11) is 0. The van der Waals surface area contributed by atoms with Gasteiger partial charge in [-0.1, -0.05) is 12.1 Å². The number of nitrogens with zero attached hydrogens (tertiary/aromatic N) is 2. The molecule has 0 radical (unpaired) electrons. The molecule has 1 aromatic carbocycles. The van der Waals surface area contributed by atoms with E-state index in [9.17, 15) is 22.8 Å². The lowest BCUT2D eigenvalue weighted by atomic mass is 10.1. The predicted molar refractivity (Wildman–Crippen MR) is 79.9 cm³/mol. The van der Waals surface area contributed by atoms with Gasteiger partial charge in [0.05, 0.1) is 16.8 Å². The van der Waals surface area contributed by atoms with Gasteiger partial charge in [-0.25, -0.2) is 9.78 Å². The van der Waals surface area contributed by atoms with Crippen LogP contribution >= 0.6 is 11.3 Å². The standard InChI is InChI=1S/C15H9F3N2O3S/c16-15(17,18)11-4-2-1-3-10(11)13(22)23-8-9-7-12(21)20-5-6-24-14(20)19-9/h1-7H,8H2. The van der Waals surface area contributed by atoms with Gasteiger partial charge in [-0.15, -0.1) is 11.3 Å². The monoisotopic (exact) mass is 354 g/mol. The molecule has 3 aromatic rings. The molecule has 24 heavy (non-hydrogen) atoms. The Morgan fingerprint density at radius 3 is 2.79 bits per heavy atom. The summed E-state index contributed by atoms with van der Waals surface area (Å²) in [5, 5.41) is 1.67. The summed E-state index contributed by atoms with van der Waals surface area (Å²) in [4.78, 5) is 28.3. The second-order valence-corrected chi connectivity index (χ2v) is 5.63. The van der Waals surface area contributed by atoms with Gasteiger partial charge in [0.1, 0.15) is 6.61 Å². The number of halogens is 3. The molecule has 0 N–H and O–H groups in total. The van der Waals surface area contributed by atoms with E-state index in [4.69, 9.17) is 4.74 Å². The zero-order valence-electron chi connectivity index (χ0n) is 11.9. The Hall–Kier alpha value is -2.68. The Morgan fingerprint density at radius 1 is 1.29 bits per heavy atom. The van der Waals surface area contributed by atoms with Gasteiger partial charge in [-0.3, -0.25) is 9.20 Å². The van der Waals surface area contributed by atoms with Gasteiger partial charge in [0.2, 0.25) is 0 Å². The number of fused-ring (bicyclic) bond motifs is 1. The molecule has 0 saturated heterocycles. The molecule has 5 nitrogen and oxygen atoms in total. The van der Waals surface area contributed by atoms with Crippen LogP contribution in [-0.2, 0) is 17.5 Å². The van der Waals surface area contributed by atoms with Crippen molar-refractivity contribution < 1.29 is 22.7 Å². The molecule has 0 unspecified atom stereocenters. The van der Waals surface area contributed by atoms with Crippen LogP contribution in [0.1, 0.15) is 21.6 Å². The van der Waals surface area contributed by atoms with Crippen molar-refractivity contribution in [2.24, 2.45) is 0 Å². The Labute approximate surface area is 137 Å². The van der Waals surface area contributed by atoms with Crippen molar-refractivity contribution in [1.29, 1.82) is 0 Å². The maximum atomic E-state index is 12.9. The maximum Gasteiger partial charge on any atom is 0.417 e. The SMILES string of the molecule is O=C(OCc1cc(=O)n2ccsc2n1)c1ccccc1C(F)(F)F. The smallest absolute Gasteiger partial charge is 0.417 e. The number of benzene rings is 1. The lowest BCUT2D eigenvalue weighted by Gasteiger charge is -2.11. The van der Waals surface area contributed by atoms with Crippen molar-refractivity contribution in [3.8, 4) is 0 Å². The third-order valence-electron chi connectivity index (χ3n) is 3.16. The average molecular weight is 354 g/mol. The topological polar surface area (TPSA) is 60.7 Å². The first-order valence-electron chi connectivity index (χ1n) is 6.65. The molecule has 0 aliphatic rings. The zero-order valence-corrected chi connectivity index (χ0v) is 12.7. The Balaban J connectivity index is 1.82. The Bertz CT molecular complexity index is 962. The first-order valence-corrected chi connectivity index (χ1v) is 7.53. The number of carbonyl (C=O) groups excluding carboxylic acids is 1. The van der Waals surface area contributed by atoms with Crippen LogP contribution in [-0.4, -0.2) is 15.4 Å². The van der Waals surface area contributed by atoms with Gasteiger partial charge in [-0.05, 0) is 12.1 Å². The molecule has 0 atom stereocenters. The normalized spacial score (nSPS) is 11.6. The molecule has 0 aliphatic carbocycles. The summed E-state index contributed by atoms with van der Waals surface area (Å²) in [6.45, 7) is -0.394. The van der Waals surface area contributed by atoms with Crippen LogP contribution < -0.4 is 5.56 Å². The van der Waals surface area contributed by atoms with Crippen LogP contribution in [0.2, 0.25) is 0 Å². The molecule has 2 aromatic heterocycles. The van der Waals surface area contributed by atoms with E-state index >= 15 is 0 Å². The third kappa shape index (κ3) is 3.16. The molecule has 124 valence electrons. The van der Waals surface area contributed by atoms with E-state index in [0.717, 1.165) is 12.1 Å². The molecule has 0 spiro atoms. The fourth-order valence-electron chi connectivity index (χ4n) is 2.09. The van der Waals surface area contributed by atoms with Crippen LogP contribution in [0.15, 0.2) is 46.7 Å². The number of hydrogen-bond donors (Lipinski definition) is 0. The van der Waals surface area contributed by atoms with Crippen LogP contribution in [0.3, 0.4) is 0 Å². The average Bonchev–Trinajstić information content (AvgIpc) is 3.01. The summed E-state index contributed by atoms with van der Waals surface area (Å²) < 4.78 is 44.9. The Kier molecular flexibility index (Phi) is 4.10. The minimum Gasteiger partial charge on any atom is -0.456 e. The van der Waals surface area contributed by atoms with E-state index < -0.39 is 29.9 Å². The molecule has 0 bridgehead atoms. The lowest BCUT2D eigenvalue weighted by molar-refractivity contribution is -0.138. The van der Waals surface area contributed by atoms with Gasteiger partial charge < -0.3 is 4.74 Å². The predicted octanol–water partition coefficient (Wildman–Crippen LogP) is 3.13. The molecule has 0 aliphatic heterocycles. The largest absolute Gasteiger partial charge is 0.456 e. The minimum absolute atomic E-state index is 0.167. The van der Waals surface area contributed by atoms with Crippen LogP contribution in [0.5, 0.6) is 0 Å². The van der Waals surface area contributed by atoms with Crippen LogP contribution in [0.25, 0.3) is 4.96 Å². The number of thiazole rings is 1. The highest BCUT2D eigenvalue weighted by molar-refractivity contribution is 7.15. The molecule has 2 heterocycles. The molecule has 0 saturated carbocycles. The van der Waals surface area contributed by atoms with E-state index in [1.165, 1.54) is 33.9 Å². The minimum atomic E-state index is -4.66. The number of carbonyl (C=O) groups is 1. The molecule has 3 rings (SSSR count). The number of alkyl halides is 3. The first kappa shape index (κ1) is 16.2. The summed E-state index contributed by atoms with van der Waals surface area (Å²) in [6.07, 6.45) is -3.12. The van der Waals surface area contributed by atoms with Gasteiger partial charge in [0.25, 0.3) is 5.56 Å². The fraction of sp³-hybridized carbons (Fsp3) is 0.133. The number of esters is 1.